The minimum atomic E-state index is -0.0458. The summed E-state index contributed by atoms with van der Waals surface area (Å²) in [6.45, 7) is 2.26. The van der Waals surface area contributed by atoms with E-state index < -0.39 is 0 Å². The monoisotopic (exact) mass is 431 g/mol. The molecule has 1 aromatic carbocycles. The minimum Gasteiger partial charge on any atom is -0.378 e. The number of nitriles is 1. The molecular formula is C20H19Cl2N5O2. The first kappa shape index (κ1) is 20.9. The van der Waals surface area contributed by atoms with Gasteiger partial charge in [0.1, 0.15) is 11.9 Å². The lowest BCUT2D eigenvalue weighted by atomic mass is 10.1. The molecule has 3 heterocycles. The molecule has 9 heteroatoms. The fraction of sp³-hybridized carbons (Fsp3) is 0.250. The van der Waals surface area contributed by atoms with Crippen molar-refractivity contribution in [3.63, 3.8) is 0 Å². The van der Waals surface area contributed by atoms with Crippen LogP contribution in [0.25, 0.3) is 10.9 Å². The smallest absolute Gasteiger partial charge is 0.257 e. The van der Waals surface area contributed by atoms with Crippen molar-refractivity contribution in [2.75, 3.05) is 31.6 Å². The second-order valence-electron chi connectivity index (χ2n) is 6.55. The number of halogens is 2. The molecule has 29 heavy (non-hydrogen) atoms. The van der Waals surface area contributed by atoms with E-state index in [0.29, 0.717) is 54.0 Å². The van der Waals surface area contributed by atoms with Crippen molar-refractivity contribution in [3.05, 3.63) is 52.8 Å². The number of nitrogens with one attached hydrogen (secondary N) is 1. The summed E-state index contributed by atoms with van der Waals surface area (Å²) in [6.07, 6.45) is 3.51. The summed E-state index contributed by atoms with van der Waals surface area (Å²) in [7, 11) is 1.90. The summed E-state index contributed by atoms with van der Waals surface area (Å²) in [6, 6.07) is 9.07. The number of hydrogen-bond acceptors (Lipinski definition) is 5. The summed E-state index contributed by atoms with van der Waals surface area (Å²) in [4.78, 5) is 19.3. The van der Waals surface area contributed by atoms with Gasteiger partial charge in [-0.3, -0.25) is 4.79 Å². The zero-order valence-corrected chi connectivity index (χ0v) is 17.3. The van der Waals surface area contributed by atoms with Crippen LogP contribution < -0.4 is 5.32 Å². The van der Waals surface area contributed by atoms with Crippen molar-refractivity contribution in [3.8, 4) is 6.07 Å². The quantitative estimate of drug-likeness (QED) is 0.682. The Morgan fingerprint density at radius 2 is 2.07 bits per heavy atom. The number of benzene rings is 1. The van der Waals surface area contributed by atoms with Crippen LogP contribution in [-0.2, 0) is 11.8 Å². The number of hydrogen-bond donors (Lipinski definition) is 1. The number of rotatable bonds is 3. The normalized spacial score (nSPS) is 13.6. The van der Waals surface area contributed by atoms with E-state index in [4.69, 9.17) is 21.6 Å². The summed E-state index contributed by atoms with van der Waals surface area (Å²) >= 11 is 6.12. The van der Waals surface area contributed by atoms with Gasteiger partial charge in [0.25, 0.3) is 5.91 Å². The van der Waals surface area contributed by atoms with E-state index in [0.717, 1.165) is 10.9 Å². The Balaban J connectivity index is 0.00000240. The number of amides is 1. The molecule has 1 saturated heterocycles. The largest absolute Gasteiger partial charge is 0.378 e. The van der Waals surface area contributed by atoms with Crippen LogP contribution in [-0.4, -0.2) is 46.7 Å². The predicted molar refractivity (Wildman–Crippen MR) is 114 cm³/mol. The molecule has 0 aliphatic carbocycles. The van der Waals surface area contributed by atoms with E-state index in [2.05, 4.69) is 10.3 Å². The zero-order valence-electron chi connectivity index (χ0n) is 15.7. The number of carbonyl (C=O) groups is 1. The first-order chi connectivity index (χ1) is 13.6. The molecule has 0 spiro atoms. The fourth-order valence-corrected chi connectivity index (χ4v) is 3.55. The minimum absolute atomic E-state index is 0. The Kier molecular flexibility index (Phi) is 6.28. The van der Waals surface area contributed by atoms with Gasteiger partial charge in [-0.1, -0.05) is 11.6 Å². The highest BCUT2D eigenvalue weighted by Crippen LogP contribution is 2.30. The lowest BCUT2D eigenvalue weighted by Crippen LogP contribution is -2.40. The number of ether oxygens (including phenoxy) is 1. The van der Waals surface area contributed by atoms with Gasteiger partial charge in [-0.2, -0.15) is 5.26 Å². The molecule has 1 N–H and O–H groups in total. The fourth-order valence-electron chi connectivity index (χ4n) is 3.33. The van der Waals surface area contributed by atoms with E-state index in [1.54, 1.807) is 29.3 Å². The molecule has 1 amide bonds. The summed E-state index contributed by atoms with van der Waals surface area (Å²) in [5.41, 5.74) is 2.51. The molecule has 7 nitrogen and oxygen atoms in total. The molecule has 0 saturated carbocycles. The van der Waals surface area contributed by atoms with Crippen LogP contribution >= 0.6 is 24.0 Å². The van der Waals surface area contributed by atoms with Gasteiger partial charge < -0.3 is 19.5 Å². The number of fused-ring (bicyclic) bond motifs is 1. The molecule has 0 unspecified atom stereocenters. The highest BCUT2D eigenvalue weighted by Gasteiger charge is 2.23. The topological polar surface area (TPSA) is 83.2 Å². The van der Waals surface area contributed by atoms with Crippen LogP contribution in [0.15, 0.2) is 36.7 Å². The maximum Gasteiger partial charge on any atom is 0.257 e. The van der Waals surface area contributed by atoms with Gasteiger partial charge in [0.05, 0.1) is 34.9 Å². The molecule has 150 valence electrons. The van der Waals surface area contributed by atoms with Gasteiger partial charge in [0, 0.05) is 43.6 Å². The number of aromatic nitrogens is 2. The second kappa shape index (κ2) is 8.70. The molecule has 1 fully saturated rings. The Morgan fingerprint density at radius 1 is 1.31 bits per heavy atom. The molecule has 1 aliphatic heterocycles. The van der Waals surface area contributed by atoms with E-state index in [9.17, 15) is 4.79 Å². The zero-order chi connectivity index (χ0) is 19.7. The second-order valence-corrected chi connectivity index (χ2v) is 6.95. The number of morpholine rings is 1. The third kappa shape index (κ3) is 4.01. The van der Waals surface area contributed by atoms with Gasteiger partial charge in [-0.15, -0.1) is 12.4 Å². The SMILES string of the molecule is Cl.Cn1ccc2c(Nc3ccc(C#N)c(Cl)c3)ncc(C(=O)N3CCOCC3)c21. The lowest BCUT2D eigenvalue weighted by molar-refractivity contribution is 0.0303. The number of aryl methyl sites for hydroxylation is 1. The van der Waals surface area contributed by atoms with Crippen molar-refractivity contribution < 1.29 is 9.53 Å². The van der Waals surface area contributed by atoms with Crippen molar-refractivity contribution in [1.82, 2.24) is 14.5 Å². The third-order valence-electron chi connectivity index (χ3n) is 4.79. The first-order valence-corrected chi connectivity index (χ1v) is 9.24. The molecule has 4 rings (SSSR count). The molecule has 2 aromatic heterocycles. The number of carbonyl (C=O) groups excluding carboxylic acids is 1. The summed E-state index contributed by atoms with van der Waals surface area (Å²) < 4.78 is 7.26. The Hall–Kier alpha value is -2.79. The van der Waals surface area contributed by atoms with E-state index in [-0.39, 0.29) is 18.3 Å². The van der Waals surface area contributed by atoms with Crippen LogP contribution in [0, 0.1) is 11.3 Å². The Morgan fingerprint density at radius 3 is 2.76 bits per heavy atom. The third-order valence-corrected chi connectivity index (χ3v) is 5.10. The van der Waals surface area contributed by atoms with Gasteiger partial charge >= 0.3 is 0 Å². The summed E-state index contributed by atoms with van der Waals surface area (Å²) in [5, 5.41) is 13.5. The maximum absolute atomic E-state index is 13.0. The van der Waals surface area contributed by atoms with E-state index in [1.807, 2.05) is 29.9 Å². The lowest BCUT2D eigenvalue weighted by Gasteiger charge is -2.27. The first-order valence-electron chi connectivity index (χ1n) is 8.86. The van der Waals surface area contributed by atoms with Crippen LogP contribution in [0.4, 0.5) is 11.5 Å². The van der Waals surface area contributed by atoms with Crippen molar-refractivity contribution in [2.24, 2.45) is 7.05 Å². The van der Waals surface area contributed by atoms with Crippen LogP contribution in [0.3, 0.4) is 0 Å². The van der Waals surface area contributed by atoms with E-state index in [1.165, 1.54) is 0 Å². The predicted octanol–water partition coefficient (Wildman–Crippen LogP) is 3.74. The molecule has 0 atom stereocenters. The molecule has 1 aliphatic rings. The van der Waals surface area contributed by atoms with E-state index >= 15 is 0 Å². The number of nitrogens with zero attached hydrogens (tertiary/aromatic N) is 4. The van der Waals surface area contributed by atoms with Gasteiger partial charge in [0.2, 0.25) is 0 Å². The highest BCUT2D eigenvalue weighted by molar-refractivity contribution is 6.32. The van der Waals surface area contributed by atoms with Gasteiger partial charge in [0.15, 0.2) is 0 Å². The van der Waals surface area contributed by atoms with Crippen molar-refractivity contribution in [2.45, 2.75) is 0 Å². The van der Waals surface area contributed by atoms with Crippen molar-refractivity contribution >= 4 is 52.3 Å². The van der Waals surface area contributed by atoms with Crippen LogP contribution in [0.1, 0.15) is 15.9 Å². The summed E-state index contributed by atoms with van der Waals surface area (Å²) in [5.74, 6) is 0.575. The molecule has 3 aromatic rings. The number of pyridine rings is 1. The van der Waals surface area contributed by atoms with Gasteiger partial charge in [-0.05, 0) is 24.3 Å². The highest BCUT2D eigenvalue weighted by atomic mass is 35.5. The van der Waals surface area contributed by atoms with Crippen LogP contribution in [0.2, 0.25) is 5.02 Å². The molecular weight excluding hydrogens is 413 g/mol. The molecule has 0 bridgehead atoms. The standard InChI is InChI=1S/C20H18ClN5O2.ClH/c1-25-5-4-15-18(25)16(20(27)26-6-8-28-9-7-26)12-23-19(15)24-14-3-2-13(11-22)17(21)10-14;/h2-5,10,12H,6-9H2,1H3,(H,23,24);1H. The number of anilines is 2. The average Bonchev–Trinajstić information content (AvgIpc) is 3.11. The van der Waals surface area contributed by atoms with Crippen molar-refractivity contribution in [1.29, 1.82) is 5.26 Å². The Bertz CT molecular complexity index is 1100. The average molecular weight is 432 g/mol. The Labute approximate surface area is 179 Å². The van der Waals surface area contributed by atoms with Gasteiger partial charge in [-0.25, -0.2) is 4.98 Å². The maximum atomic E-state index is 13.0. The molecule has 0 radical (unpaired) electrons. The van der Waals surface area contributed by atoms with Crippen LogP contribution in [0.5, 0.6) is 0 Å².